The van der Waals surface area contributed by atoms with Crippen LogP contribution in [0.25, 0.3) is 11.4 Å². The number of hydrogen-bond donors (Lipinski definition) is 2. The summed E-state index contributed by atoms with van der Waals surface area (Å²) in [6, 6.07) is 3.15. The van der Waals surface area contributed by atoms with E-state index in [2.05, 4.69) is 20.6 Å². The summed E-state index contributed by atoms with van der Waals surface area (Å²) >= 11 is 5.94. The molecular formula is C17H18ClFN4O2. The molecule has 3 rings (SSSR count). The van der Waals surface area contributed by atoms with Crippen molar-refractivity contribution in [3.05, 3.63) is 28.7 Å². The van der Waals surface area contributed by atoms with Crippen molar-refractivity contribution in [3.63, 3.8) is 0 Å². The molecule has 132 valence electrons. The quantitative estimate of drug-likeness (QED) is 0.807. The summed E-state index contributed by atoms with van der Waals surface area (Å²) in [7, 11) is 1.33. The number of nitrogens with zero attached hydrogens (tertiary/aromatic N) is 2. The van der Waals surface area contributed by atoms with Gasteiger partial charge in [-0.25, -0.2) is 14.4 Å². The van der Waals surface area contributed by atoms with Crippen LogP contribution in [0.1, 0.15) is 31.3 Å². The molecule has 0 aliphatic carbocycles. The Morgan fingerprint density at radius 1 is 1.24 bits per heavy atom. The molecular weight excluding hydrogens is 347 g/mol. The zero-order chi connectivity index (χ0) is 18.3. The van der Waals surface area contributed by atoms with E-state index in [9.17, 15) is 9.18 Å². The lowest BCUT2D eigenvalue weighted by molar-refractivity contribution is 0.101. The van der Waals surface area contributed by atoms with Gasteiger partial charge in [-0.05, 0) is 26.0 Å². The van der Waals surface area contributed by atoms with E-state index >= 15 is 0 Å². The van der Waals surface area contributed by atoms with E-state index in [0.29, 0.717) is 11.5 Å². The number of aromatic nitrogens is 2. The molecule has 6 nitrogen and oxygen atoms in total. The van der Waals surface area contributed by atoms with Crippen molar-refractivity contribution in [1.82, 2.24) is 9.97 Å². The van der Waals surface area contributed by atoms with Crippen LogP contribution in [0.15, 0.2) is 12.1 Å². The molecule has 2 N–H and O–H groups in total. The van der Waals surface area contributed by atoms with Gasteiger partial charge in [-0.3, -0.25) is 4.79 Å². The Kier molecular flexibility index (Phi) is 4.51. The van der Waals surface area contributed by atoms with E-state index in [1.165, 1.54) is 26.2 Å². The molecule has 2 atom stereocenters. The molecule has 8 heteroatoms. The number of hydrogen-bond acceptors (Lipinski definition) is 6. The Morgan fingerprint density at radius 2 is 1.92 bits per heavy atom. The Morgan fingerprint density at radius 3 is 2.56 bits per heavy atom. The lowest BCUT2D eigenvalue weighted by Gasteiger charge is -2.32. The van der Waals surface area contributed by atoms with Gasteiger partial charge in [-0.1, -0.05) is 11.6 Å². The van der Waals surface area contributed by atoms with E-state index in [1.807, 2.05) is 13.8 Å². The van der Waals surface area contributed by atoms with Crippen LogP contribution in [0, 0.1) is 5.82 Å². The van der Waals surface area contributed by atoms with Crippen molar-refractivity contribution in [2.45, 2.75) is 32.9 Å². The first-order valence-corrected chi connectivity index (χ1v) is 8.19. The standard InChI is InChI=1S/C17H18ClFN4O2/c1-7-8(2)21-17-14(20-7)13(9(3)24)22-16(23-17)10-5-6-11(18)15(25-4)12(10)19/h5-8,20H,1-4H3,(H,21,22,23). The largest absolute Gasteiger partial charge is 0.492 e. The summed E-state index contributed by atoms with van der Waals surface area (Å²) < 4.78 is 19.7. The summed E-state index contributed by atoms with van der Waals surface area (Å²) in [5, 5.41) is 6.61. The van der Waals surface area contributed by atoms with Crippen molar-refractivity contribution in [3.8, 4) is 17.1 Å². The highest BCUT2D eigenvalue weighted by Gasteiger charge is 2.28. The molecule has 25 heavy (non-hydrogen) atoms. The third-order valence-corrected chi connectivity index (χ3v) is 4.52. The Bertz CT molecular complexity index is 859. The first-order valence-electron chi connectivity index (χ1n) is 7.81. The van der Waals surface area contributed by atoms with Crippen molar-refractivity contribution in [2.24, 2.45) is 0 Å². The molecule has 0 saturated carbocycles. The SMILES string of the molecule is COc1c(Cl)ccc(-c2nc3c(c(C(C)=O)n2)NC(C)C(C)N3)c1F. The van der Waals surface area contributed by atoms with Crippen molar-refractivity contribution >= 4 is 28.9 Å². The topological polar surface area (TPSA) is 76.1 Å². The lowest BCUT2D eigenvalue weighted by atomic mass is 10.1. The van der Waals surface area contributed by atoms with Gasteiger partial charge in [-0.15, -0.1) is 0 Å². The number of benzene rings is 1. The first-order chi connectivity index (χ1) is 11.8. The Hall–Kier alpha value is -2.41. The fourth-order valence-electron chi connectivity index (χ4n) is 2.66. The van der Waals surface area contributed by atoms with E-state index in [4.69, 9.17) is 16.3 Å². The molecule has 0 spiro atoms. The fourth-order valence-corrected chi connectivity index (χ4v) is 2.89. The number of nitrogens with one attached hydrogen (secondary N) is 2. The lowest BCUT2D eigenvalue weighted by Crippen LogP contribution is -2.40. The minimum atomic E-state index is -0.672. The highest BCUT2D eigenvalue weighted by molar-refractivity contribution is 6.32. The first kappa shape index (κ1) is 17.4. The number of rotatable bonds is 3. The zero-order valence-corrected chi connectivity index (χ0v) is 15.0. The van der Waals surface area contributed by atoms with Gasteiger partial charge >= 0.3 is 0 Å². The smallest absolute Gasteiger partial charge is 0.180 e. The maximum absolute atomic E-state index is 14.7. The van der Waals surface area contributed by atoms with Gasteiger partial charge in [0.25, 0.3) is 0 Å². The second-order valence-electron chi connectivity index (χ2n) is 5.98. The molecule has 1 aromatic carbocycles. The normalized spacial score (nSPS) is 18.8. The van der Waals surface area contributed by atoms with Gasteiger partial charge in [0.1, 0.15) is 11.4 Å². The van der Waals surface area contributed by atoms with Crippen LogP contribution < -0.4 is 15.4 Å². The van der Waals surface area contributed by atoms with Crippen molar-refractivity contribution in [1.29, 1.82) is 0 Å². The zero-order valence-electron chi connectivity index (χ0n) is 14.3. The molecule has 1 aliphatic heterocycles. The molecule has 2 unspecified atom stereocenters. The van der Waals surface area contributed by atoms with E-state index < -0.39 is 5.82 Å². The van der Waals surface area contributed by atoms with E-state index in [0.717, 1.165) is 0 Å². The number of halogens is 2. The molecule has 2 aromatic rings. The average molecular weight is 365 g/mol. The highest BCUT2D eigenvalue weighted by Crippen LogP contribution is 2.36. The molecule has 2 heterocycles. The van der Waals surface area contributed by atoms with Crippen LogP contribution >= 0.6 is 11.6 Å². The summed E-state index contributed by atoms with van der Waals surface area (Å²) in [6.07, 6.45) is 0. The summed E-state index contributed by atoms with van der Waals surface area (Å²) in [5.41, 5.74) is 0.849. The van der Waals surface area contributed by atoms with Crippen LogP contribution in [-0.4, -0.2) is 34.9 Å². The molecule has 0 radical (unpaired) electrons. The van der Waals surface area contributed by atoms with Crippen LogP contribution in [0.5, 0.6) is 5.75 Å². The summed E-state index contributed by atoms with van der Waals surface area (Å²) in [6.45, 7) is 5.39. The van der Waals surface area contributed by atoms with Crippen LogP contribution in [0.2, 0.25) is 5.02 Å². The second kappa shape index (κ2) is 6.48. The molecule has 0 saturated heterocycles. The van der Waals surface area contributed by atoms with Crippen LogP contribution in [-0.2, 0) is 0 Å². The minimum Gasteiger partial charge on any atom is -0.492 e. The molecule has 1 aromatic heterocycles. The van der Waals surface area contributed by atoms with Gasteiger partial charge in [-0.2, -0.15) is 0 Å². The highest BCUT2D eigenvalue weighted by atomic mass is 35.5. The van der Waals surface area contributed by atoms with Crippen molar-refractivity contribution < 1.29 is 13.9 Å². The molecule has 0 bridgehead atoms. The van der Waals surface area contributed by atoms with Crippen LogP contribution in [0.3, 0.4) is 0 Å². The number of Topliss-reactive ketones (excluding diaryl/α,β-unsaturated/α-hetero) is 1. The number of methoxy groups -OCH3 is 1. The van der Waals surface area contributed by atoms with E-state index in [1.54, 1.807) is 0 Å². The number of ketones is 1. The van der Waals surface area contributed by atoms with E-state index in [-0.39, 0.29) is 45.7 Å². The number of anilines is 2. The third kappa shape index (κ3) is 3.00. The number of fused-ring (bicyclic) bond motifs is 1. The third-order valence-electron chi connectivity index (χ3n) is 4.22. The minimum absolute atomic E-state index is 0.0830. The second-order valence-corrected chi connectivity index (χ2v) is 6.39. The van der Waals surface area contributed by atoms with Gasteiger partial charge in [0.2, 0.25) is 0 Å². The monoisotopic (exact) mass is 364 g/mol. The van der Waals surface area contributed by atoms with Gasteiger partial charge in [0, 0.05) is 19.0 Å². The molecule has 0 fully saturated rings. The van der Waals surface area contributed by atoms with Crippen LogP contribution in [0.4, 0.5) is 15.9 Å². The molecule has 0 amide bonds. The number of ether oxygens (including phenoxy) is 1. The predicted octanol–water partition coefficient (Wildman–Crippen LogP) is 3.76. The predicted molar refractivity (Wildman–Crippen MR) is 95.2 cm³/mol. The Labute approximate surface area is 149 Å². The van der Waals surface area contributed by atoms with Gasteiger partial charge in [0.05, 0.1) is 17.7 Å². The maximum atomic E-state index is 14.7. The fraction of sp³-hybridized carbons (Fsp3) is 0.353. The van der Waals surface area contributed by atoms with Crippen molar-refractivity contribution in [2.75, 3.05) is 17.7 Å². The Balaban J connectivity index is 2.21. The van der Waals surface area contributed by atoms with Gasteiger partial charge < -0.3 is 15.4 Å². The number of carbonyl (C=O) groups is 1. The van der Waals surface area contributed by atoms with Gasteiger partial charge in [0.15, 0.2) is 29.0 Å². The number of carbonyl (C=O) groups excluding carboxylic acids is 1. The average Bonchev–Trinajstić information content (AvgIpc) is 2.55. The summed E-state index contributed by atoms with van der Waals surface area (Å²) in [5.74, 6) is -0.438. The maximum Gasteiger partial charge on any atom is 0.180 e. The molecule has 1 aliphatic rings. The summed E-state index contributed by atoms with van der Waals surface area (Å²) in [4.78, 5) is 20.7.